The van der Waals surface area contributed by atoms with Crippen molar-refractivity contribution in [2.45, 2.75) is 228 Å². The maximum atomic E-state index is 15.0. The summed E-state index contributed by atoms with van der Waals surface area (Å²) in [6, 6.07) is 12.8. The number of allylic oxidation sites excluding steroid dienone is 4. The molecule has 4 saturated heterocycles. The molecule has 14 rings (SSSR count). The minimum Gasteiger partial charge on any atom is -0.494 e. The standard InChI is InChI=1S/2C43H56FN3O10S/c2*1-27-10-5-6-11-29-21-43(29,40(51)46-58(52,53)42(25-44)15-16-42)22-35(48)34-19-30(56-38-32-13-8-7-12-31(32)36(54-4)23-45-38)24-47(34)39(50)33(28(2)18-27)20-37(49)57-41(3)14-9-17-55-26-41/h2*6-8,11-13,23,27-30,33-34H,5,9-10,14-22,24-26H2,1-4H3,(H,46,51)/b2*11-6-/t27-,28+,29+,30+,33-,34-,41?,43+;27-,28-,29-,30-,33+,34+,41?,43-/m01/s1. The number of carbonyl (C=O) groups excluding carboxylic acids is 8. The van der Waals surface area contributed by atoms with E-state index >= 15 is 9.59 Å². The van der Waals surface area contributed by atoms with Crippen LogP contribution in [0.15, 0.2) is 85.2 Å². The molecule has 4 aliphatic carbocycles. The Labute approximate surface area is 677 Å². The fraction of sp³-hybridized carbons (Fsp3) is 0.651. The summed E-state index contributed by atoms with van der Waals surface area (Å²) in [5.41, 5.74) is -4.41. The molecule has 2 N–H and O–H groups in total. The van der Waals surface area contributed by atoms with Crippen molar-refractivity contribution in [3.05, 3.63) is 85.2 Å². The van der Waals surface area contributed by atoms with Crippen molar-refractivity contribution < 1.29 is 102 Å². The van der Waals surface area contributed by atoms with E-state index in [4.69, 9.17) is 37.9 Å². The van der Waals surface area contributed by atoms with Crippen LogP contribution in [0.2, 0.25) is 0 Å². The van der Waals surface area contributed by atoms with E-state index in [-0.39, 0.29) is 127 Å². The number of fused-ring (bicyclic) bond motifs is 6. The van der Waals surface area contributed by atoms with Crippen molar-refractivity contribution in [1.29, 1.82) is 0 Å². The third-order valence-corrected chi connectivity index (χ3v) is 30.6. The molecular formula is C86H112F2N6O20S2. The first-order chi connectivity index (χ1) is 55.3. The Morgan fingerprint density at radius 3 is 1.28 bits per heavy atom. The molecule has 8 fully saturated rings. The molecule has 26 nitrogen and oxygen atoms in total. The summed E-state index contributed by atoms with van der Waals surface area (Å²) in [6.07, 6.45) is 16.3. The van der Waals surface area contributed by atoms with E-state index in [1.807, 2.05) is 101 Å². The molecule has 16 atom stereocenters. The van der Waals surface area contributed by atoms with Gasteiger partial charge in [0.25, 0.3) is 0 Å². The molecule has 10 aliphatic rings. The van der Waals surface area contributed by atoms with Crippen LogP contribution in [-0.4, -0.2) is 196 Å². The van der Waals surface area contributed by atoms with Gasteiger partial charge in [0.05, 0.1) is 101 Å². The van der Waals surface area contributed by atoms with E-state index in [9.17, 15) is 54.4 Å². The highest BCUT2D eigenvalue weighted by Crippen LogP contribution is 2.60. The molecular weight excluding hydrogens is 1540 g/mol. The van der Waals surface area contributed by atoms with E-state index in [2.05, 4.69) is 33.3 Å². The van der Waals surface area contributed by atoms with Crippen LogP contribution >= 0.6 is 0 Å². The summed E-state index contributed by atoms with van der Waals surface area (Å²) in [5.74, 6) is -5.34. The zero-order valence-electron chi connectivity index (χ0n) is 67.8. The van der Waals surface area contributed by atoms with Gasteiger partial charge in [0.2, 0.25) is 55.4 Å². The number of hydrogen-bond donors (Lipinski definition) is 2. The number of pyridine rings is 2. The molecule has 0 spiro atoms. The normalized spacial score (nSPS) is 33.2. The molecule has 2 aromatic carbocycles. The van der Waals surface area contributed by atoms with Crippen LogP contribution in [0.1, 0.15) is 183 Å². The summed E-state index contributed by atoms with van der Waals surface area (Å²) < 4.78 is 129. The number of halogens is 2. The second kappa shape index (κ2) is 34.6. The van der Waals surface area contributed by atoms with Crippen LogP contribution in [0.3, 0.4) is 0 Å². The third-order valence-electron chi connectivity index (χ3n) is 26.4. The second-order valence-corrected chi connectivity index (χ2v) is 39.6. The number of esters is 2. The number of ketones is 2. The maximum Gasteiger partial charge on any atom is 0.307 e. The van der Waals surface area contributed by atoms with Crippen LogP contribution in [0, 0.1) is 58.2 Å². The monoisotopic (exact) mass is 1650 g/mol. The van der Waals surface area contributed by atoms with Crippen LogP contribution < -0.4 is 28.4 Å². The predicted molar refractivity (Wildman–Crippen MR) is 424 cm³/mol. The van der Waals surface area contributed by atoms with Gasteiger partial charge in [-0.1, -0.05) is 88.4 Å². The predicted octanol–water partition coefficient (Wildman–Crippen LogP) is 11.3. The first kappa shape index (κ1) is 85.7. The van der Waals surface area contributed by atoms with E-state index < -0.39 is 160 Å². The fourth-order valence-electron chi connectivity index (χ4n) is 18.6. The molecule has 6 aliphatic heterocycles. The number of nitrogens with zero attached hydrogens (tertiary/aromatic N) is 4. The van der Waals surface area contributed by atoms with Gasteiger partial charge in [-0.05, 0) is 164 Å². The van der Waals surface area contributed by atoms with Crippen molar-refractivity contribution in [2.24, 2.45) is 58.2 Å². The zero-order valence-corrected chi connectivity index (χ0v) is 69.4. The third kappa shape index (κ3) is 18.3. The summed E-state index contributed by atoms with van der Waals surface area (Å²) in [4.78, 5) is 127. The lowest BCUT2D eigenvalue weighted by Gasteiger charge is -2.35. The molecule has 8 heterocycles. The Bertz CT molecular complexity index is 4390. The number of rotatable bonds is 20. The van der Waals surface area contributed by atoms with Gasteiger partial charge in [0, 0.05) is 60.4 Å². The summed E-state index contributed by atoms with van der Waals surface area (Å²) in [5, 5.41) is 2.90. The van der Waals surface area contributed by atoms with Gasteiger partial charge in [-0.3, -0.25) is 47.8 Å². The number of amides is 4. The summed E-state index contributed by atoms with van der Waals surface area (Å²) in [6.45, 7) is 11.3. The summed E-state index contributed by atoms with van der Waals surface area (Å²) in [7, 11) is -5.59. The van der Waals surface area contributed by atoms with Crippen molar-refractivity contribution in [1.82, 2.24) is 29.2 Å². The number of hydrogen-bond acceptors (Lipinski definition) is 22. The van der Waals surface area contributed by atoms with Gasteiger partial charge in [-0.2, -0.15) is 0 Å². The molecule has 116 heavy (non-hydrogen) atoms. The van der Waals surface area contributed by atoms with E-state index in [1.165, 1.54) is 9.80 Å². The van der Waals surface area contributed by atoms with Gasteiger partial charge in [0.15, 0.2) is 11.6 Å². The maximum absolute atomic E-state index is 15.0. The number of nitrogens with one attached hydrogen (secondary N) is 2. The van der Waals surface area contributed by atoms with E-state index in [1.54, 1.807) is 26.6 Å². The molecule has 0 radical (unpaired) electrons. The molecule has 2 unspecified atom stereocenters. The van der Waals surface area contributed by atoms with Crippen molar-refractivity contribution in [2.75, 3.05) is 67.1 Å². The van der Waals surface area contributed by atoms with Gasteiger partial charge in [-0.15, -0.1) is 0 Å². The first-order valence-electron chi connectivity index (χ1n) is 41.3. The van der Waals surface area contributed by atoms with Crippen molar-refractivity contribution >= 4 is 88.7 Å². The lowest BCUT2D eigenvalue weighted by molar-refractivity contribution is -0.174. The molecule has 4 saturated carbocycles. The largest absolute Gasteiger partial charge is 0.494 e. The lowest BCUT2D eigenvalue weighted by Crippen LogP contribution is -2.48. The number of carbonyl (C=O) groups is 8. The first-order valence-corrected chi connectivity index (χ1v) is 44.2. The minimum absolute atomic E-state index is 0.00653. The Hall–Kier alpha value is -8.22. The topological polar surface area (TPSA) is 335 Å². The Morgan fingerprint density at radius 1 is 0.552 bits per heavy atom. The zero-order chi connectivity index (χ0) is 82.9. The molecule has 2 aromatic heterocycles. The van der Waals surface area contributed by atoms with E-state index in [0.29, 0.717) is 85.8 Å². The number of ether oxygens (including phenoxy) is 8. The molecule has 4 amide bonds. The molecule has 30 heteroatoms. The molecule has 4 aromatic rings. The van der Waals surface area contributed by atoms with E-state index in [0.717, 1.165) is 36.5 Å². The summed E-state index contributed by atoms with van der Waals surface area (Å²) >= 11 is 0. The van der Waals surface area contributed by atoms with Crippen molar-refractivity contribution in [3.63, 3.8) is 0 Å². The Kier molecular flexibility index (Phi) is 25.6. The quantitative estimate of drug-likeness (QED) is 0.0613. The Morgan fingerprint density at radius 2 is 0.931 bits per heavy atom. The number of aromatic nitrogens is 2. The minimum atomic E-state index is -4.34. The van der Waals surface area contributed by atoms with Crippen LogP contribution in [0.5, 0.6) is 23.3 Å². The van der Waals surface area contributed by atoms with Gasteiger partial charge < -0.3 is 47.7 Å². The molecule has 632 valence electrons. The number of methoxy groups -OCH3 is 2. The number of sulfonamides is 2. The highest BCUT2D eigenvalue weighted by atomic mass is 32.2. The highest BCUT2D eigenvalue weighted by Gasteiger charge is 2.66. The SMILES string of the molecule is COc1cnc(O[C@@H]2C[C@H]3C(=O)C[C@]4(C(=O)NS(=O)(=O)C5(CF)CC5)C[C@H]4/C=C\CC[C@@H](C)C[C@@H](C)[C@H](CC(=O)OC4(C)CCCOC4)C(=O)N3C2)c2ccccc12.COc1cnc(O[C@@H]2C[C@H]3C(=O)C[C@]4(C(=O)NS(=O)(=O)C5(CF)CC5)C[C@H]4/C=C\CC[C@H](C)C[C@@H](C)[C@H](CC(=O)OC4(C)CCCOC4)C(=O)N3C2)c2ccccc12. The second-order valence-electron chi connectivity index (χ2n) is 35.5. The van der Waals surface area contributed by atoms with Gasteiger partial charge >= 0.3 is 11.9 Å². The van der Waals surface area contributed by atoms with Crippen molar-refractivity contribution in [3.8, 4) is 23.3 Å². The Balaban J connectivity index is 0.000000202. The number of benzene rings is 2. The average molecular weight is 1650 g/mol. The van der Waals surface area contributed by atoms with Gasteiger partial charge in [0.1, 0.15) is 57.8 Å². The number of alkyl halides is 2. The van der Waals surface area contributed by atoms with Crippen LogP contribution in [0.4, 0.5) is 8.78 Å². The van der Waals surface area contributed by atoms with Crippen LogP contribution in [-0.2, 0) is 77.4 Å². The lowest BCUT2D eigenvalue weighted by atomic mass is 9.82. The highest BCUT2D eigenvalue weighted by molar-refractivity contribution is 7.92. The van der Waals surface area contributed by atoms with Crippen LogP contribution in [0.25, 0.3) is 21.5 Å². The number of Topliss-reactive ketones (excluding diaryl/α,β-unsaturated/α-hetero) is 2. The smallest absolute Gasteiger partial charge is 0.307 e. The van der Waals surface area contributed by atoms with Gasteiger partial charge in [-0.25, -0.2) is 35.6 Å². The fourth-order valence-corrected chi connectivity index (χ4v) is 21.5. The average Bonchev–Trinajstić information content (AvgIpc) is 1.56. The molecule has 0 bridgehead atoms.